The summed E-state index contributed by atoms with van der Waals surface area (Å²) in [5, 5.41) is 15.1. The summed E-state index contributed by atoms with van der Waals surface area (Å²) < 4.78 is 20.2. The molecule has 2 heterocycles. The van der Waals surface area contributed by atoms with E-state index in [1.807, 2.05) is 48.5 Å². The molecule has 0 atom stereocenters. The Bertz CT molecular complexity index is 1160. The molecule has 8 nitrogen and oxygen atoms in total. The van der Waals surface area contributed by atoms with Gasteiger partial charge in [-0.2, -0.15) is 5.10 Å². The van der Waals surface area contributed by atoms with E-state index in [2.05, 4.69) is 20.6 Å². The van der Waals surface area contributed by atoms with E-state index in [1.54, 1.807) is 35.1 Å². The third-order valence-electron chi connectivity index (χ3n) is 4.90. The van der Waals surface area contributed by atoms with Gasteiger partial charge >= 0.3 is 0 Å². The molecule has 0 spiro atoms. The highest BCUT2D eigenvalue weighted by Crippen LogP contribution is 2.15. The average molecular weight is 446 g/mol. The van der Waals surface area contributed by atoms with Gasteiger partial charge in [0.2, 0.25) is 5.88 Å². The largest absolute Gasteiger partial charge is 0.466 e. The molecule has 2 aromatic carbocycles. The van der Waals surface area contributed by atoms with Gasteiger partial charge in [-0.3, -0.25) is 4.79 Å². The van der Waals surface area contributed by atoms with Crippen molar-refractivity contribution in [2.75, 3.05) is 18.6 Å². The van der Waals surface area contributed by atoms with Gasteiger partial charge in [-0.1, -0.05) is 24.3 Å². The van der Waals surface area contributed by atoms with Crippen LogP contribution in [-0.4, -0.2) is 39.5 Å². The fourth-order valence-corrected chi connectivity index (χ4v) is 3.12. The Balaban J connectivity index is 1.21. The minimum Gasteiger partial charge on any atom is -0.466 e. The zero-order chi connectivity index (χ0) is 23.0. The van der Waals surface area contributed by atoms with E-state index >= 15 is 0 Å². The number of rotatable bonds is 9. The van der Waals surface area contributed by atoms with Gasteiger partial charge in [-0.25, -0.2) is 9.07 Å². The molecule has 9 heteroatoms. The summed E-state index contributed by atoms with van der Waals surface area (Å²) in [6.45, 7) is 0.783. The number of aromatic nitrogens is 4. The van der Waals surface area contributed by atoms with Crippen LogP contribution in [0.1, 0.15) is 11.1 Å². The summed E-state index contributed by atoms with van der Waals surface area (Å²) in [5.41, 5.74) is 2.87. The third kappa shape index (κ3) is 6.13. The minimum absolute atomic E-state index is 0.162. The maximum absolute atomic E-state index is 13.0. The van der Waals surface area contributed by atoms with Gasteiger partial charge in [0.25, 0.3) is 5.91 Å². The Labute approximate surface area is 190 Å². The van der Waals surface area contributed by atoms with E-state index in [-0.39, 0.29) is 24.2 Å². The maximum atomic E-state index is 13.0. The van der Waals surface area contributed by atoms with Gasteiger partial charge in [0.1, 0.15) is 5.82 Å². The van der Waals surface area contributed by atoms with Crippen LogP contribution in [0.25, 0.3) is 5.69 Å². The molecule has 0 bridgehead atoms. The topological polar surface area (TPSA) is 85.2 Å². The van der Waals surface area contributed by atoms with Crippen LogP contribution < -0.4 is 15.0 Å². The first-order chi connectivity index (χ1) is 16.1. The van der Waals surface area contributed by atoms with Gasteiger partial charge in [-0.15, -0.1) is 10.2 Å². The molecule has 33 heavy (non-hydrogen) atoms. The van der Waals surface area contributed by atoms with Crippen LogP contribution in [0.2, 0.25) is 0 Å². The number of carbonyl (C=O) groups is 1. The Hall–Kier alpha value is -4.27. The molecular formula is C24H23FN6O2. The van der Waals surface area contributed by atoms with Crippen molar-refractivity contribution in [3.63, 3.8) is 0 Å². The summed E-state index contributed by atoms with van der Waals surface area (Å²) in [4.78, 5) is 14.0. The highest BCUT2D eigenvalue weighted by molar-refractivity contribution is 5.77. The second-order valence-corrected chi connectivity index (χ2v) is 7.39. The van der Waals surface area contributed by atoms with Crippen molar-refractivity contribution in [3.8, 4) is 11.6 Å². The third-order valence-corrected chi connectivity index (χ3v) is 4.90. The van der Waals surface area contributed by atoms with E-state index < -0.39 is 0 Å². The highest BCUT2D eigenvalue weighted by atomic mass is 19.1. The molecule has 2 aromatic heterocycles. The molecule has 0 radical (unpaired) electrons. The number of nitrogens with zero attached hydrogens (tertiary/aromatic N) is 5. The molecule has 0 aliphatic heterocycles. The van der Waals surface area contributed by atoms with Gasteiger partial charge in [0.05, 0.1) is 5.69 Å². The molecule has 0 saturated heterocycles. The number of ether oxygens (including phenoxy) is 1. The summed E-state index contributed by atoms with van der Waals surface area (Å²) in [5.74, 6) is 0.364. The average Bonchev–Trinajstić information content (AvgIpc) is 3.38. The van der Waals surface area contributed by atoms with E-state index in [9.17, 15) is 9.18 Å². The molecule has 0 saturated carbocycles. The van der Waals surface area contributed by atoms with E-state index in [0.29, 0.717) is 18.9 Å². The number of hydrogen-bond acceptors (Lipinski definition) is 6. The molecule has 1 amide bonds. The van der Waals surface area contributed by atoms with Gasteiger partial charge in [-0.05, 0) is 47.5 Å². The zero-order valence-corrected chi connectivity index (χ0v) is 18.1. The van der Waals surface area contributed by atoms with E-state index in [0.717, 1.165) is 16.8 Å². The molecule has 168 valence electrons. The van der Waals surface area contributed by atoms with Crippen molar-refractivity contribution in [2.45, 2.75) is 13.1 Å². The maximum Gasteiger partial charge on any atom is 0.258 e. The Kier molecular flexibility index (Phi) is 6.89. The van der Waals surface area contributed by atoms with Crippen LogP contribution in [0.3, 0.4) is 0 Å². The predicted octanol–water partition coefficient (Wildman–Crippen LogP) is 3.13. The van der Waals surface area contributed by atoms with Crippen LogP contribution in [0.15, 0.2) is 79.1 Å². The first kappa shape index (κ1) is 21.9. The van der Waals surface area contributed by atoms with Gasteiger partial charge < -0.3 is 15.0 Å². The molecule has 0 aliphatic rings. The molecule has 4 aromatic rings. The van der Waals surface area contributed by atoms with Crippen LogP contribution in [0, 0.1) is 5.82 Å². The Morgan fingerprint density at radius 3 is 2.45 bits per heavy atom. The Morgan fingerprint density at radius 2 is 1.79 bits per heavy atom. The highest BCUT2D eigenvalue weighted by Gasteiger charge is 2.08. The van der Waals surface area contributed by atoms with Crippen LogP contribution >= 0.6 is 0 Å². The summed E-state index contributed by atoms with van der Waals surface area (Å²) in [7, 11) is 1.86. The molecule has 0 aliphatic carbocycles. The van der Waals surface area contributed by atoms with Crippen molar-refractivity contribution in [3.05, 3.63) is 96.1 Å². The van der Waals surface area contributed by atoms with Crippen LogP contribution in [0.4, 0.5) is 10.2 Å². The quantitative estimate of drug-likeness (QED) is 0.425. The second kappa shape index (κ2) is 10.4. The standard InChI is InChI=1S/C24H23FN6O2/c1-30(16-19-3-7-20(25)8-4-19)22-11-12-24(29-28-22)33-17-23(32)26-15-18-5-9-21(10-6-18)31-14-2-13-27-31/h2-14H,15-17H2,1H3,(H,26,32). The van der Waals surface area contributed by atoms with Crippen molar-refractivity contribution >= 4 is 11.7 Å². The lowest BCUT2D eigenvalue weighted by Gasteiger charge is -2.17. The molecule has 1 N–H and O–H groups in total. The number of hydrogen-bond donors (Lipinski definition) is 1. The molecule has 0 unspecified atom stereocenters. The summed E-state index contributed by atoms with van der Waals surface area (Å²) in [6, 6.07) is 19.3. The van der Waals surface area contributed by atoms with Gasteiger partial charge in [0, 0.05) is 38.6 Å². The monoisotopic (exact) mass is 446 g/mol. The van der Waals surface area contributed by atoms with Crippen LogP contribution in [0.5, 0.6) is 5.88 Å². The lowest BCUT2D eigenvalue weighted by molar-refractivity contribution is -0.123. The molecule has 4 rings (SSSR count). The van der Waals surface area contributed by atoms with Crippen molar-refractivity contribution < 1.29 is 13.9 Å². The lowest BCUT2D eigenvalue weighted by Crippen LogP contribution is -2.28. The number of benzene rings is 2. The van der Waals surface area contributed by atoms with E-state index in [4.69, 9.17) is 4.74 Å². The number of carbonyl (C=O) groups excluding carboxylic acids is 1. The Morgan fingerprint density at radius 1 is 1.03 bits per heavy atom. The normalized spacial score (nSPS) is 10.6. The first-order valence-corrected chi connectivity index (χ1v) is 10.3. The fourth-order valence-electron chi connectivity index (χ4n) is 3.12. The first-order valence-electron chi connectivity index (χ1n) is 10.3. The second-order valence-electron chi connectivity index (χ2n) is 7.39. The number of halogens is 1. The summed E-state index contributed by atoms with van der Waals surface area (Å²) in [6.07, 6.45) is 3.59. The number of amides is 1. The number of nitrogens with one attached hydrogen (secondary N) is 1. The lowest BCUT2D eigenvalue weighted by atomic mass is 10.2. The summed E-state index contributed by atoms with van der Waals surface area (Å²) >= 11 is 0. The zero-order valence-electron chi connectivity index (χ0n) is 18.1. The number of anilines is 1. The molecule has 0 fully saturated rings. The fraction of sp³-hybridized carbons (Fsp3) is 0.167. The van der Waals surface area contributed by atoms with Crippen molar-refractivity contribution in [1.29, 1.82) is 0 Å². The smallest absolute Gasteiger partial charge is 0.258 e. The van der Waals surface area contributed by atoms with Crippen molar-refractivity contribution in [1.82, 2.24) is 25.3 Å². The SMILES string of the molecule is CN(Cc1ccc(F)cc1)c1ccc(OCC(=O)NCc2ccc(-n3cccn3)cc2)nn1. The van der Waals surface area contributed by atoms with Crippen LogP contribution in [-0.2, 0) is 17.9 Å². The van der Waals surface area contributed by atoms with E-state index in [1.165, 1.54) is 12.1 Å². The minimum atomic E-state index is -0.268. The molecular weight excluding hydrogens is 423 g/mol. The van der Waals surface area contributed by atoms with Gasteiger partial charge in [0.15, 0.2) is 12.4 Å². The van der Waals surface area contributed by atoms with Crippen molar-refractivity contribution in [2.24, 2.45) is 0 Å². The predicted molar refractivity (Wildman–Crippen MR) is 121 cm³/mol.